The third-order valence-corrected chi connectivity index (χ3v) is 7.89. The van der Waals surface area contributed by atoms with Crippen molar-refractivity contribution in [2.75, 3.05) is 26.3 Å². The zero-order chi connectivity index (χ0) is 23.0. The molecule has 0 amide bonds. The van der Waals surface area contributed by atoms with E-state index in [0.29, 0.717) is 37.2 Å². The van der Waals surface area contributed by atoms with Gasteiger partial charge >= 0.3 is 5.97 Å². The zero-order valence-electron chi connectivity index (χ0n) is 18.3. The van der Waals surface area contributed by atoms with E-state index < -0.39 is 26.5 Å². The number of sulfone groups is 1. The summed E-state index contributed by atoms with van der Waals surface area (Å²) in [4.78, 5) is 17.5. The highest BCUT2D eigenvalue weighted by molar-refractivity contribution is 7.91. The van der Waals surface area contributed by atoms with Crippen LogP contribution in [0.15, 0.2) is 53.7 Å². The van der Waals surface area contributed by atoms with Gasteiger partial charge in [-0.15, -0.1) is 5.92 Å². The van der Waals surface area contributed by atoms with Gasteiger partial charge in [-0.3, -0.25) is 9.78 Å². The summed E-state index contributed by atoms with van der Waals surface area (Å²) in [6, 6.07) is 9.61. The number of esters is 1. The maximum Gasteiger partial charge on any atom is 0.313 e. The molecule has 1 aromatic carbocycles. The van der Waals surface area contributed by atoms with Gasteiger partial charge in [0.15, 0.2) is 9.84 Å². The highest BCUT2D eigenvalue weighted by Gasteiger charge is 2.54. The van der Waals surface area contributed by atoms with Crippen molar-refractivity contribution in [3.8, 4) is 17.6 Å². The van der Waals surface area contributed by atoms with Crippen molar-refractivity contribution in [1.82, 2.24) is 10.3 Å². The second-order valence-electron chi connectivity index (χ2n) is 7.52. The summed E-state index contributed by atoms with van der Waals surface area (Å²) in [5, 5.41) is 2.10. The van der Waals surface area contributed by atoms with Crippen molar-refractivity contribution in [1.29, 1.82) is 0 Å². The Balaban J connectivity index is 2.08. The number of nitrogens with one attached hydrogen (secondary N) is 1. The number of carbonyl (C=O) groups is 1. The molecule has 0 saturated carbocycles. The first-order chi connectivity index (χ1) is 15.5. The molecule has 0 radical (unpaired) electrons. The molecule has 0 aliphatic carbocycles. The number of pyridine rings is 1. The van der Waals surface area contributed by atoms with Gasteiger partial charge in [-0.2, -0.15) is 0 Å². The second kappa shape index (κ2) is 10.6. The summed E-state index contributed by atoms with van der Waals surface area (Å²) in [5.74, 6) is 5.57. The SMILES string of the molecule is CC#CCOc1ccc(S(=O)(=O)C(c2cccnc2)C2(C(=O)OCC)CCNCC2)cc1. The van der Waals surface area contributed by atoms with Crippen LogP contribution in [0.3, 0.4) is 0 Å². The molecule has 0 spiro atoms. The molecule has 2 aromatic rings. The van der Waals surface area contributed by atoms with E-state index in [9.17, 15) is 13.2 Å². The van der Waals surface area contributed by atoms with Crippen molar-refractivity contribution in [3.63, 3.8) is 0 Å². The van der Waals surface area contributed by atoms with Crippen molar-refractivity contribution < 1.29 is 22.7 Å². The fourth-order valence-corrected chi connectivity index (χ4v) is 6.31. The Morgan fingerprint density at radius 1 is 1.22 bits per heavy atom. The van der Waals surface area contributed by atoms with Crippen molar-refractivity contribution in [3.05, 3.63) is 54.4 Å². The fraction of sp³-hybridized carbons (Fsp3) is 0.417. The van der Waals surface area contributed by atoms with Gasteiger partial charge in [0, 0.05) is 12.4 Å². The lowest BCUT2D eigenvalue weighted by Crippen LogP contribution is -2.49. The van der Waals surface area contributed by atoms with Crippen molar-refractivity contribution in [2.24, 2.45) is 5.41 Å². The third kappa shape index (κ3) is 4.95. The molecule has 170 valence electrons. The van der Waals surface area contributed by atoms with Crippen molar-refractivity contribution >= 4 is 15.8 Å². The Morgan fingerprint density at radius 3 is 2.53 bits per heavy atom. The molecule has 7 nitrogen and oxygen atoms in total. The number of piperidine rings is 1. The molecule has 1 fully saturated rings. The highest BCUT2D eigenvalue weighted by Crippen LogP contribution is 2.49. The van der Waals surface area contributed by atoms with E-state index >= 15 is 0 Å². The van der Waals surface area contributed by atoms with Gasteiger partial charge in [-0.1, -0.05) is 12.0 Å². The number of hydrogen-bond donors (Lipinski definition) is 1. The van der Waals surface area contributed by atoms with Crippen molar-refractivity contribution in [2.45, 2.75) is 36.8 Å². The predicted octanol–water partition coefficient (Wildman–Crippen LogP) is 2.93. The Labute approximate surface area is 189 Å². The Bertz CT molecular complexity index is 1070. The molecule has 1 N–H and O–H groups in total. The van der Waals surface area contributed by atoms with Crippen LogP contribution in [-0.2, 0) is 19.4 Å². The van der Waals surface area contributed by atoms with Gasteiger partial charge in [-0.05, 0) is 75.7 Å². The van der Waals surface area contributed by atoms with Gasteiger partial charge in [-0.25, -0.2) is 8.42 Å². The number of benzene rings is 1. The van der Waals surface area contributed by atoms with Crippen LogP contribution >= 0.6 is 0 Å². The maximum atomic E-state index is 14.0. The minimum absolute atomic E-state index is 0.113. The number of nitrogens with zero attached hydrogens (tertiary/aromatic N) is 1. The quantitative estimate of drug-likeness (QED) is 0.482. The summed E-state index contributed by atoms with van der Waals surface area (Å²) in [7, 11) is -3.97. The monoisotopic (exact) mass is 456 g/mol. The van der Waals surface area contributed by atoms with Gasteiger partial charge in [0.1, 0.15) is 17.6 Å². The van der Waals surface area contributed by atoms with Crippen LogP contribution in [0.5, 0.6) is 5.75 Å². The lowest BCUT2D eigenvalue weighted by molar-refractivity contribution is -0.157. The standard InChI is InChI=1S/C24H28N2O5S/c1-3-5-17-31-20-8-10-21(11-9-20)32(28,29)22(19-7-6-14-26-18-19)24(23(27)30-4-2)12-15-25-16-13-24/h6-11,14,18,22,25H,4,12-13,15-17H2,1-2H3. The number of aromatic nitrogens is 1. The fourth-order valence-electron chi connectivity index (χ4n) is 4.10. The molecule has 32 heavy (non-hydrogen) atoms. The molecule has 1 saturated heterocycles. The molecule has 2 heterocycles. The first-order valence-corrected chi connectivity index (χ1v) is 12.1. The van der Waals surface area contributed by atoms with Crippen LogP contribution in [0.1, 0.15) is 37.5 Å². The third-order valence-electron chi connectivity index (χ3n) is 5.62. The number of rotatable bonds is 8. The normalized spacial score (nSPS) is 16.3. The predicted molar refractivity (Wildman–Crippen MR) is 121 cm³/mol. The summed E-state index contributed by atoms with van der Waals surface area (Å²) in [6.07, 6.45) is 3.80. The average molecular weight is 457 g/mol. The number of hydrogen-bond acceptors (Lipinski definition) is 7. The molecule has 1 atom stereocenters. The van der Waals surface area contributed by atoms with Crippen LogP contribution in [0, 0.1) is 17.3 Å². The molecule has 1 aliphatic rings. The molecule has 1 aromatic heterocycles. The van der Waals surface area contributed by atoms with Crippen LogP contribution in [-0.4, -0.2) is 45.7 Å². The van der Waals surface area contributed by atoms with Crippen LogP contribution in [0.2, 0.25) is 0 Å². The topological polar surface area (TPSA) is 94.6 Å². The lowest BCUT2D eigenvalue weighted by atomic mass is 9.74. The van der Waals surface area contributed by atoms with Crippen LogP contribution < -0.4 is 10.1 Å². The van der Waals surface area contributed by atoms with E-state index in [1.165, 1.54) is 18.3 Å². The minimum Gasteiger partial charge on any atom is -0.481 e. The second-order valence-corrected chi connectivity index (χ2v) is 9.56. The largest absolute Gasteiger partial charge is 0.481 e. The van der Waals surface area contributed by atoms with E-state index in [0.717, 1.165) is 0 Å². The number of carbonyl (C=O) groups excluding carboxylic acids is 1. The molecular formula is C24H28N2O5S. The summed E-state index contributed by atoms with van der Waals surface area (Å²) in [6.45, 7) is 4.90. The van der Waals surface area contributed by atoms with Gasteiger partial charge in [0.2, 0.25) is 0 Å². The average Bonchev–Trinajstić information content (AvgIpc) is 2.81. The van der Waals surface area contributed by atoms with Gasteiger partial charge in [0.25, 0.3) is 0 Å². The maximum absolute atomic E-state index is 14.0. The smallest absolute Gasteiger partial charge is 0.313 e. The first kappa shape index (κ1) is 23.8. The van der Waals surface area contributed by atoms with Gasteiger partial charge < -0.3 is 14.8 Å². The zero-order valence-corrected chi connectivity index (χ0v) is 19.2. The van der Waals surface area contributed by atoms with Gasteiger partial charge in [0.05, 0.1) is 16.9 Å². The molecular weight excluding hydrogens is 428 g/mol. The Morgan fingerprint density at radius 2 is 1.94 bits per heavy atom. The Hall–Kier alpha value is -2.89. The summed E-state index contributed by atoms with van der Waals surface area (Å²) >= 11 is 0. The highest BCUT2D eigenvalue weighted by atomic mass is 32.2. The van der Waals surface area contributed by atoms with E-state index in [-0.39, 0.29) is 18.1 Å². The molecule has 1 aliphatic heterocycles. The van der Waals surface area contributed by atoms with Crippen LogP contribution in [0.25, 0.3) is 0 Å². The van der Waals surface area contributed by atoms with E-state index in [4.69, 9.17) is 9.47 Å². The molecule has 0 bridgehead atoms. The first-order valence-electron chi connectivity index (χ1n) is 10.6. The van der Waals surface area contributed by atoms with E-state index in [2.05, 4.69) is 22.1 Å². The molecule has 3 rings (SSSR count). The lowest BCUT2D eigenvalue weighted by Gasteiger charge is -2.41. The molecule has 1 unspecified atom stereocenters. The summed E-state index contributed by atoms with van der Waals surface area (Å²) < 4.78 is 38.9. The van der Waals surface area contributed by atoms with E-state index in [1.807, 2.05) is 0 Å². The number of ether oxygens (including phenoxy) is 2. The minimum atomic E-state index is -3.97. The Kier molecular flexibility index (Phi) is 7.89. The summed E-state index contributed by atoms with van der Waals surface area (Å²) in [5.41, 5.74) is -0.740. The molecule has 8 heteroatoms. The van der Waals surface area contributed by atoms with E-state index in [1.54, 1.807) is 44.3 Å². The van der Waals surface area contributed by atoms with Crippen LogP contribution in [0.4, 0.5) is 0 Å².